The van der Waals surface area contributed by atoms with Crippen molar-refractivity contribution in [1.29, 1.82) is 0 Å². The van der Waals surface area contributed by atoms with Crippen molar-refractivity contribution >= 4 is 11.9 Å². The van der Waals surface area contributed by atoms with Crippen LogP contribution in [0.1, 0.15) is 35.5 Å². The van der Waals surface area contributed by atoms with Crippen molar-refractivity contribution in [2.24, 2.45) is 5.73 Å². The van der Waals surface area contributed by atoms with Gasteiger partial charge in [-0.1, -0.05) is 12.1 Å². The van der Waals surface area contributed by atoms with Crippen molar-refractivity contribution in [1.82, 2.24) is 4.57 Å². The average molecular weight is 402 g/mol. The van der Waals surface area contributed by atoms with Gasteiger partial charge < -0.3 is 24.5 Å². The van der Waals surface area contributed by atoms with Crippen molar-refractivity contribution in [3.8, 4) is 18.6 Å². The van der Waals surface area contributed by atoms with Crippen molar-refractivity contribution in [2.45, 2.75) is 26.8 Å². The largest absolute Gasteiger partial charge is 0.497 e. The summed E-state index contributed by atoms with van der Waals surface area (Å²) in [6.07, 6.45) is 9.80. The minimum Gasteiger partial charge on any atom is -0.497 e. The van der Waals surface area contributed by atoms with E-state index in [9.17, 15) is 9.59 Å². The lowest BCUT2D eigenvalue weighted by molar-refractivity contribution is -0.142. The van der Waals surface area contributed by atoms with Crippen LogP contribution in [-0.4, -0.2) is 43.9 Å². The molecule has 29 heavy (non-hydrogen) atoms. The highest BCUT2D eigenvalue weighted by molar-refractivity contribution is 5.92. The molecule has 0 fully saturated rings. The number of ether oxygens (including phenoxy) is 3. The quantitative estimate of drug-likeness (QED) is 0.539. The van der Waals surface area contributed by atoms with Crippen LogP contribution in [0.25, 0.3) is 0 Å². The summed E-state index contributed by atoms with van der Waals surface area (Å²) in [6, 6.07) is 9.30. The fourth-order valence-electron chi connectivity index (χ4n) is 2.52. The fraction of sp³-hybridized carbons (Fsp3) is 0.364. The van der Waals surface area contributed by atoms with Crippen LogP contribution in [0.15, 0.2) is 36.5 Å². The maximum atomic E-state index is 12.1. The lowest BCUT2D eigenvalue weighted by Crippen LogP contribution is -2.16. The van der Waals surface area contributed by atoms with E-state index in [1.54, 1.807) is 33.2 Å². The maximum Gasteiger partial charge on any atom is 0.339 e. The summed E-state index contributed by atoms with van der Waals surface area (Å²) in [4.78, 5) is 24.1. The molecule has 0 spiro atoms. The van der Waals surface area contributed by atoms with Crippen LogP contribution in [0.2, 0.25) is 0 Å². The number of aromatic nitrogens is 1. The Morgan fingerprint density at radius 1 is 1.00 bits per heavy atom. The molecular formula is C22H30N2O5. The maximum absolute atomic E-state index is 12.1. The van der Waals surface area contributed by atoms with E-state index in [1.165, 1.54) is 7.05 Å². The van der Waals surface area contributed by atoms with E-state index in [2.05, 4.69) is 18.6 Å². The summed E-state index contributed by atoms with van der Waals surface area (Å²) < 4.78 is 17.1. The molecule has 7 heteroatoms. The van der Waals surface area contributed by atoms with Gasteiger partial charge in [0, 0.05) is 18.4 Å². The number of terminal acetylenes is 1. The number of hydrogen-bond acceptors (Lipinski definition) is 6. The zero-order valence-electron chi connectivity index (χ0n) is 17.5. The Morgan fingerprint density at radius 2 is 1.59 bits per heavy atom. The number of carbonyl (C=O) groups is 2. The molecule has 0 aliphatic carbocycles. The number of esters is 2. The van der Waals surface area contributed by atoms with E-state index in [0.717, 1.165) is 11.3 Å². The second kappa shape index (κ2) is 14.8. The van der Waals surface area contributed by atoms with Crippen molar-refractivity contribution in [3.05, 3.63) is 53.3 Å². The first kappa shape index (κ1) is 25.8. The molecular weight excluding hydrogens is 372 g/mol. The molecule has 2 N–H and O–H groups in total. The molecule has 0 aliphatic rings. The summed E-state index contributed by atoms with van der Waals surface area (Å²) in [5, 5.41) is 0. The van der Waals surface area contributed by atoms with Gasteiger partial charge in [0.2, 0.25) is 0 Å². The van der Waals surface area contributed by atoms with Crippen molar-refractivity contribution < 1.29 is 23.8 Å². The smallest absolute Gasteiger partial charge is 0.339 e. The minimum atomic E-state index is -0.435. The molecule has 0 saturated heterocycles. The van der Waals surface area contributed by atoms with Crippen LogP contribution in [0.4, 0.5) is 0 Å². The molecule has 0 amide bonds. The van der Waals surface area contributed by atoms with Gasteiger partial charge in [0.1, 0.15) is 5.75 Å². The van der Waals surface area contributed by atoms with Crippen LogP contribution < -0.4 is 10.5 Å². The van der Waals surface area contributed by atoms with Crippen LogP contribution in [0.5, 0.6) is 5.75 Å². The summed E-state index contributed by atoms with van der Waals surface area (Å²) in [5.41, 5.74) is 6.51. The predicted octanol–water partition coefficient (Wildman–Crippen LogP) is 2.65. The number of hydrogen-bond donors (Lipinski definition) is 1. The second-order valence-corrected chi connectivity index (χ2v) is 5.35. The Kier molecular flexibility index (Phi) is 13.1. The third-order valence-corrected chi connectivity index (χ3v) is 3.70. The molecule has 0 saturated carbocycles. The van der Waals surface area contributed by atoms with E-state index < -0.39 is 5.97 Å². The number of benzene rings is 1. The zero-order valence-corrected chi connectivity index (χ0v) is 17.5. The molecule has 0 radical (unpaired) electrons. The normalized spacial score (nSPS) is 9.21. The molecule has 7 nitrogen and oxygen atoms in total. The minimum absolute atomic E-state index is 0.0190. The van der Waals surface area contributed by atoms with E-state index in [1.807, 2.05) is 28.8 Å². The highest BCUT2D eigenvalue weighted by Gasteiger charge is 2.20. The number of methoxy groups -OCH3 is 1. The van der Waals surface area contributed by atoms with Gasteiger partial charge in [0.05, 0.1) is 32.3 Å². The molecule has 1 aromatic heterocycles. The van der Waals surface area contributed by atoms with Crippen LogP contribution >= 0.6 is 0 Å². The van der Waals surface area contributed by atoms with Gasteiger partial charge in [0.25, 0.3) is 0 Å². The van der Waals surface area contributed by atoms with Gasteiger partial charge in [-0.05, 0) is 44.7 Å². The first-order valence-electron chi connectivity index (χ1n) is 9.13. The van der Waals surface area contributed by atoms with E-state index in [-0.39, 0.29) is 19.0 Å². The van der Waals surface area contributed by atoms with Gasteiger partial charge >= 0.3 is 11.9 Å². The number of nitrogens with two attached hydrogens (primary N) is 1. The summed E-state index contributed by atoms with van der Waals surface area (Å²) >= 11 is 0. The molecule has 0 bridgehead atoms. The predicted molar refractivity (Wildman–Crippen MR) is 113 cm³/mol. The molecule has 2 rings (SSSR count). The Hall–Kier alpha value is -3.24. The van der Waals surface area contributed by atoms with Crippen molar-refractivity contribution in [3.63, 3.8) is 0 Å². The molecule has 0 atom stereocenters. The molecule has 1 aromatic carbocycles. The van der Waals surface area contributed by atoms with Gasteiger partial charge in [-0.25, -0.2) is 4.79 Å². The molecule has 0 unspecified atom stereocenters. The second-order valence-electron chi connectivity index (χ2n) is 5.35. The fourth-order valence-corrected chi connectivity index (χ4v) is 2.52. The van der Waals surface area contributed by atoms with Gasteiger partial charge in [-0.2, -0.15) is 0 Å². The lowest BCUT2D eigenvalue weighted by Gasteiger charge is -2.12. The highest BCUT2D eigenvalue weighted by Crippen LogP contribution is 2.18. The molecule has 1 heterocycles. The lowest BCUT2D eigenvalue weighted by atomic mass is 10.1. The standard InChI is InChI=1S/C19H23NO5.C2H2.CH5N/c1-4-24-18(21)12-17-16(19(22)25-5-2)10-11-20(17)13-14-6-8-15(23-3)9-7-14;2*1-2/h6-11H,4-5,12-13H2,1-3H3;1-2H;2H2,1H3. The number of nitrogens with zero attached hydrogens (tertiary/aromatic N) is 1. The van der Waals surface area contributed by atoms with Crippen LogP contribution in [0.3, 0.4) is 0 Å². The molecule has 0 aliphatic heterocycles. The number of carbonyl (C=O) groups excluding carboxylic acids is 2. The Labute approximate surface area is 172 Å². The number of rotatable bonds is 8. The average Bonchev–Trinajstić information content (AvgIpc) is 3.14. The summed E-state index contributed by atoms with van der Waals surface area (Å²) in [6.45, 7) is 4.60. The van der Waals surface area contributed by atoms with Crippen molar-refractivity contribution in [2.75, 3.05) is 27.4 Å². The van der Waals surface area contributed by atoms with Gasteiger partial charge in [-0.15, -0.1) is 12.8 Å². The van der Waals surface area contributed by atoms with E-state index in [4.69, 9.17) is 14.2 Å². The topological polar surface area (TPSA) is 92.8 Å². The Balaban J connectivity index is 0.00000184. The Bertz CT molecular complexity index is 763. The summed E-state index contributed by atoms with van der Waals surface area (Å²) in [5.74, 6) is -0.0341. The third kappa shape index (κ3) is 8.11. The molecule has 158 valence electrons. The highest BCUT2D eigenvalue weighted by atomic mass is 16.5. The first-order valence-corrected chi connectivity index (χ1v) is 9.13. The molecule has 2 aromatic rings. The first-order chi connectivity index (χ1) is 14.1. The van der Waals surface area contributed by atoms with Gasteiger partial charge in [0.15, 0.2) is 0 Å². The van der Waals surface area contributed by atoms with Crippen LogP contribution in [-0.2, 0) is 27.2 Å². The third-order valence-electron chi connectivity index (χ3n) is 3.70. The zero-order chi connectivity index (χ0) is 22.2. The SMILES string of the molecule is C#C.CCOC(=O)Cc1c(C(=O)OCC)ccn1Cc1ccc(OC)cc1.CN. The Morgan fingerprint density at radius 3 is 2.10 bits per heavy atom. The van der Waals surface area contributed by atoms with E-state index >= 15 is 0 Å². The summed E-state index contributed by atoms with van der Waals surface area (Å²) in [7, 11) is 3.12. The van der Waals surface area contributed by atoms with Gasteiger partial charge in [-0.3, -0.25) is 4.79 Å². The monoisotopic (exact) mass is 402 g/mol. The van der Waals surface area contributed by atoms with E-state index in [0.29, 0.717) is 24.4 Å². The van der Waals surface area contributed by atoms with Crippen LogP contribution in [0, 0.1) is 12.8 Å².